The highest BCUT2D eigenvalue weighted by molar-refractivity contribution is 5.77. The Kier molecular flexibility index (Phi) is 5.53. The molecule has 1 unspecified atom stereocenters. The van der Waals surface area contributed by atoms with Crippen LogP contribution in [0.5, 0.6) is 0 Å². The number of rotatable bonds is 3. The molecule has 3 saturated heterocycles. The monoisotopic (exact) mass is 293 g/mol. The van der Waals surface area contributed by atoms with Crippen molar-refractivity contribution in [1.29, 1.82) is 0 Å². The first-order valence-electron chi connectivity index (χ1n) is 9.08. The molecular weight excluding hydrogens is 262 g/mol. The van der Waals surface area contributed by atoms with Gasteiger partial charge in [-0.15, -0.1) is 0 Å². The smallest absolute Gasteiger partial charge is 0.224 e. The van der Waals surface area contributed by atoms with E-state index in [4.69, 9.17) is 0 Å². The van der Waals surface area contributed by atoms with E-state index in [2.05, 4.69) is 15.1 Å². The fraction of sp³-hybridized carbons (Fsp3) is 0.941. The SMILES string of the molecule is O=C(CC1CCCCN1)N1CCC(N2CCCCC2)CC1. The molecule has 0 aliphatic carbocycles. The van der Waals surface area contributed by atoms with Gasteiger partial charge in [0.1, 0.15) is 0 Å². The first-order chi connectivity index (χ1) is 10.3. The molecular formula is C17H31N3O. The molecule has 0 aromatic heterocycles. The van der Waals surface area contributed by atoms with Gasteiger partial charge in [-0.25, -0.2) is 0 Å². The average Bonchev–Trinajstić information content (AvgIpc) is 2.57. The zero-order valence-corrected chi connectivity index (χ0v) is 13.4. The number of nitrogens with one attached hydrogen (secondary N) is 1. The third-order valence-corrected chi connectivity index (χ3v) is 5.56. The van der Waals surface area contributed by atoms with Crippen molar-refractivity contribution in [3.05, 3.63) is 0 Å². The molecule has 0 radical (unpaired) electrons. The van der Waals surface area contributed by atoms with E-state index >= 15 is 0 Å². The summed E-state index contributed by atoms with van der Waals surface area (Å²) >= 11 is 0. The van der Waals surface area contributed by atoms with Crippen molar-refractivity contribution in [3.63, 3.8) is 0 Å². The van der Waals surface area contributed by atoms with Crippen LogP contribution in [-0.4, -0.2) is 60.5 Å². The van der Waals surface area contributed by atoms with Crippen LogP contribution in [0.25, 0.3) is 0 Å². The van der Waals surface area contributed by atoms with Crippen molar-refractivity contribution < 1.29 is 4.79 Å². The summed E-state index contributed by atoms with van der Waals surface area (Å²) < 4.78 is 0. The van der Waals surface area contributed by atoms with E-state index < -0.39 is 0 Å². The second-order valence-corrected chi connectivity index (χ2v) is 7.06. The van der Waals surface area contributed by atoms with Gasteiger partial charge in [-0.05, 0) is 58.2 Å². The molecule has 4 heteroatoms. The van der Waals surface area contributed by atoms with Crippen LogP contribution >= 0.6 is 0 Å². The maximum Gasteiger partial charge on any atom is 0.224 e. The molecule has 3 aliphatic rings. The van der Waals surface area contributed by atoms with E-state index in [1.54, 1.807) is 0 Å². The topological polar surface area (TPSA) is 35.6 Å². The molecule has 1 atom stereocenters. The highest BCUT2D eigenvalue weighted by Gasteiger charge is 2.28. The largest absolute Gasteiger partial charge is 0.343 e. The number of carbonyl (C=O) groups is 1. The van der Waals surface area contributed by atoms with Crippen molar-refractivity contribution in [1.82, 2.24) is 15.1 Å². The van der Waals surface area contributed by atoms with Gasteiger partial charge >= 0.3 is 0 Å². The van der Waals surface area contributed by atoms with Crippen LogP contribution in [0, 0.1) is 0 Å². The van der Waals surface area contributed by atoms with Crippen molar-refractivity contribution in [2.45, 2.75) is 69.9 Å². The van der Waals surface area contributed by atoms with Gasteiger partial charge in [-0.1, -0.05) is 12.8 Å². The van der Waals surface area contributed by atoms with E-state index in [-0.39, 0.29) is 0 Å². The molecule has 4 nitrogen and oxygen atoms in total. The summed E-state index contributed by atoms with van der Waals surface area (Å²) in [6.07, 6.45) is 11.0. The van der Waals surface area contributed by atoms with Crippen LogP contribution in [-0.2, 0) is 4.79 Å². The Labute approximate surface area is 129 Å². The summed E-state index contributed by atoms with van der Waals surface area (Å²) in [5.74, 6) is 0.381. The van der Waals surface area contributed by atoms with Gasteiger partial charge in [0.25, 0.3) is 0 Å². The lowest BCUT2D eigenvalue weighted by atomic mass is 9.98. The fourth-order valence-corrected chi connectivity index (χ4v) is 4.20. The number of piperidine rings is 3. The van der Waals surface area contributed by atoms with Gasteiger partial charge < -0.3 is 15.1 Å². The number of hydrogen-bond acceptors (Lipinski definition) is 3. The minimum Gasteiger partial charge on any atom is -0.343 e. The standard InChI is InChI=1S/C17H31N3O/c21-17(14-15-6-2-3-9-18-15)20-12-7-16(8-13-20)19-10-4-1-5-11-19/h15-16,18H,1-14H2. The van der Waals surface area contributed by atoms with E-state index in [1.165, 1.54) is 64.5 Å². The number of likely N-dealkylation sites (tertiary alicyclic amines) is 2. The predicted octanol–water partition coefficient (Wildman–Crippen LogP) is 2.00. The number of carbonyl (C=O) groups excluding carboxylic acids is 1. The Bertz CT molecular complexity index is 327. The van der Waals surface area contributed by atoms with Gasteiger partial charge in [-0.2, -0.15) is 0 Å². The zero-order valence-electron chi connectivity index (χ0n) is 13.4. The lowest BCUT2D eigenvalue weighted by molar-refractivity contribution is -0.133. The number of nitrogens with zero attached hydrogens (tertiary/aromatic N) is 2. The quantitative estimate of drug-likeness (QED) is 0.864. The number of amides is 1. The van der Waals surface area contributed by atoms with Crippen LogP contribution in [0.3, 0.4) is 0 Å². The van der Waals surface area contributed by atoms with Gasteiger partial charge in [0.15, 0.2) is 0 Å². The molecule has 3 heterocycles. The first kappa shape index (κ1) is 15.3. The highest BCUT2D eigenvalue weighted by Crippen LogP contribution is 2.22. The normalized spacial score (nSPS) is 29.5. The van der Waals surface area contributed by atoms with Crippen molar-refractivity contribution >= 4 is 5.91 Å². The number of hydrogen-bond donors (Lipinski definition) is 1. The Hall–Kier alpha value is -0.610. The lowest BCUT2D eigenvalue weighted by Gasteiger charge is -2.40. The second-order valence-electron chi connectivity index (χ2n) is 7.06. The fourth-order valence-electron chi connectivity index (χ4n) is 4.20. The Morgan fingerprint density at radius 2 is 1.67 bits per heavy atom. The molecule has 3 rings (SSSR count). The van der Waals surface area contributed by atoms with Gasteiger partial charge in [0.05, 0.1) is 0 Å². The molecule has 0 spiro atoms. The van der Waals surface area contributed by atoms with Crippen LogP contribution in [0.1, 0.15) is 57.8 Å². The summed E-state index contributed by atoms with van der Waals surface area (Å²) in [6, 6.07) is 1.17. The molecule has 21 heavy (non-hydrogen) atoms. The van der Waals surface area contributed by atoms with Crippen molar-refractivity contribution in [3.8, 4) is 0 Å². The van der Waals surface area contributed by atoms with Gasteiger partial charge in [0, 0.05) is 31.6 Å². The maximum atomic E-state index is 12.4. The Morgan fingerprint density at radius 1 is 0.905 bits per heavy atom. The van der Waals surface area contributed by atoms with Crippen LogP contribution < -0.4 is 5.32 Å². The van der Waals surface area contributed by atoms with E-state index in [0.29, 0.717) is 18.4 Å². The van der Waals surface area contributed by atoms with Gasteiger partial charge in [0.2, 0.25) is 5.91 Å². The predicted molar refractivity (Wildman–Crippen MR) is 85.3 cm³/mol. The molecule has 0 saturated carbocycles. The zero-order chi connectivity index (χ0) is 14.5. The maximum absolute atomic E-state index is 12.4. The van der Waals surface area contributed by atoms with E-state index in [9.17, 15) is 4.79 Å². The highest BCUT2D eigenvalue weighted by atomic mass is 16.2. The molecule has 3 fully saturated rings. The third kappa shape index (κ3) is 4.19. The average molecular weight is 293 g/mol. The van der Waals surface area contributed by atoms with Crippen molar-refractivity contribution in [2.75, 3.05) is 32.7 Å². The summed E-state index contributed by atoms with van der Waals surface area (Å²) in [4.78, 5) is 17.2. The van der Waals surface area contributed by atoms with Crippen LogP contribution in [0.4, 0.5) is 0 Å². The summed E-state index contributed by atoms with van der Waals surface area (Å²) in [7, 11) is 0. The summed E-state index contributed by atoms with van der Waals surface area (Å²) in [6.45, 7) is 5.61. The molecule has 3 aliphatic heterocycles. The third-order valence-electron chi connectivity index (χ3n) is 5.56. The summed E-state index contributed by atoms with van der Waals surface area (Å²) in [5, 5.41) is 3.49. The Balaban J connectivity index is 1.40. The lowest BCUT2D eigenvalue weighted by Crippen LogP contribution is -2.49. The second kappa shape index (κ2) is 7.59. The molecule has 120 valence electrons. The van der Waals surface area contributed by atoms with E-state index in [1.807, 2.05) is 0 Å². The van der Waals surface area contributed by atoms with Crippen LogP contribution in [0.15, 0.2) is 0 Å². The molecule has 1 amide bonds. The minimum absolute atomic E-state index is 0.381. The summed E-state index contributed by atoms with van der Waals surface area (Å²) in [5.41, 5.74) is 0. The first-order valence-corrected chi connectivity index (χ1v) is 9.08. The molecule has 0 bridgehead atoms. The Morgan fingerprint density at radius 3 is 2.33 bits per heavy atom. The molecule has 0 aromatic rings. The van der Waals surface area contributed by atoms with Crippen molar-refractivity contribution in [2.24, 2.45) is 0 Å². The molecule has 1 N–H and O–H groups in total. The van der Waals surface area contributed by atoms with Gasteiger partial charge in [-0.3, -0.25) is 4.79 Å². The van der Waals surface area contributed by atoms with E-state index in [0.717, 1.165) is 25.7 Å². The minimum atomic E-state index is 0.381. The van der Waals surface area contributed by atoms with Crippen LogP contribution in [0.2, 0.25) is 0 Å². The molecule has 0 aromatic carbocycles.